The molecule has 3 nitrogen and oxygen atoms in total. The Hall–Kier alpha value is -1.21. The highest BCUT2D eigenvalue weighted by Gasteiger charge is 2.21. The first-order valence-corrected chi connectivity index (χ1v) is 5.21. The van der Waals surface area contributed by atoms with Crippen molar-refractivity contribution in [3.05, 3.63) is 35.9 Å². The van der Waals surface area contributed by atoms with Crippen molar-refractivity contribution in [2.24, 2.45) is 0 Å². The van der Waals surface area contributed by atoms with Crippen molar-refractivity contribution in [1.82, 2.24) is 0 Å². The third-order valence-electron chi connectivity index (χ3n) is 1.73. The van der Waals surface area contributed by atoms with E-state index >= 15 is 0 Å². The molecule has 0 saturated heterocycles. The van der Waals surface area contributed by atoms with Gasteiger partial charge in [0, 0.05) is 0 Å². The zero-order chi connectivity index (χ0) is 10.4. The zero-order valence-corrected chi connectivity index (χ0v) is 8.74. The number of carbonyl (C=O) groups is 1. The smallest absolute Gasteiger partial charge is 0.325 e. The lowest BCUT2D eigenvalue weighted by molar-refractivity contribution is -0.142. The average Bonchev–Trinajstić information content (AvgIpc) is 2.21. The molecule has 0 bridgehead atoms. The molecule has 4 heteroatoms. The summed E-state index contributed by atoms with van der Waals surface area (Å²) >= 11 is 0. The third kappa shape index (κ3) is 2.64. The van der Waals surface area contributed by atoms with Gasteiger partial charge in [0.05, 0.1) is 6.61 Å². The summed E-state index contributed by atoms with van der Waals surface area (Å²) in [6.45, 7) is 2.03. The normalized spacial score (nSPS) is 12.4. The van der Waals surface area contributed by atoms with E-state index < -0.39 is 11.6 Å². The Labute approximate surface area is 84.3 Å². The standard InChI is InChI=1S/C10H11O3P/c1-2-13-10(11)9(14-12)8-6-4-3-5-7-8/h3-7,9H,2H2,1H3. The van der Waals surface area contributed by atoms with E-state index in [-0.39, 0.29) is 8.46 Å². The molecule has 0 fully saturated rings. The van der Waals surface area contributed by atoms with E-state index in [0.717, 1.165) is 0 Å². The zero-order valence-electron chi connectivity index (χ0n) is 7.84. The molecule has 0 aliphatic carbocycles. The maximum Gasteiger partial charge on any atom is 0.325 e. The Balaban J connectivity index is 2.82. The maximum atomic E-state index is 11.3. The summed E-state index contributed by atoms with van der Waals surface area (Å²) < 4.78 is 15.6. The van der Waals surface area contributed by atoms with E-state index in [1.807, 2.05) is 6.07 Å². The molecule has 1 atom stereocenters. The van der Waals surface area contributed by atoms with Crippen molar-refractivity contribution in [2.45, 2.75) is 12.6 Å². The van der Waals surface area contributed by atoms with Gasteiger partial charge in [-0.25, -0.2) is 0 Å². The summed E-state index contributed by atoms with van der Waals surface area (Å²) in [4.78, 5) is 11.3. The second-order valence-electron chi connectivity index (χ2n) is 2.67. The molecule has 1 rings (SSSR count). The number of rotatable bonds is 4. The molecule has 1 aromatic carbocycles. The molecule has 0 aromatic heterocycles. The van der Waals surface area contributed by atoms with E-state index in [9.17, 15) is 9.36 Å². The van der Waals surface area contributed by atoms with Gasteiger partial charge in [0.25, 0.3) is 0 Å². The van der Waals surface area contributed by atoms with E-state index in [4.69, 9.17) is 4.74 Å². The highest BCUT2D eigenvalue weighted by atomic mass is 31.1. The number of carbonyl (C=O) groups excluding carboxylic acids is 1. The van der Waals surface area contributed by atoms with Crippen LogP contribution in [0.3, 0.4) is 0 Å². The van der Waals surface area contributed by atoms with Crippen LogP contribution in [0.4, 0.5) is 0 Å². The van der Waals surface area contributed by atoms with Gasteiger partial charge in [-0.05, 0) is 12.5 Å². The first-order chi connectivity index (χ1) is 6.79. The number of benzene rings is 1. The fraction of sp³-hybridized carbons (Fsp3) is 0.300. The van der Waals surface area contributed by atoms with Crippen LogP contribution < -0.4 is 0 Å². The van der Waals surface area contributed by atoms with Gasteiger partial charge in [0.1, 0.15) is 0 Å². The fourth-order valence-electron chi connectivity index (χ4n) is 1.10. The van der Waals surface area contributed by atoms with Gasteiger partial charge in [0.2, 0.25) is 0 Å². The monoisotopic (exact) mass is 210 g/mol. The molecule has 1 unspecified atom stereocenters. The summed E-state index contributed by atoms with van der Waals surface area (Å²) in [5.41, 5.74) is 0.0127. The number of hydrogen-bond acceptors (Lipinski definition) is 3. The Kier molecular flexibility index (Phi) is 4.27. The highest BCUT2D eigenvalue weighted by Crippen LogP contribution is 2.27. The van der Waals surface area contributed by atoms with Crippen molar-refractivity contribution in [1.29, 1.82) is 0 Å². The second-order valence-corrected chi connectivity index (χ2v) is 3.40. The molecule has 0 spiro atoms. The molecular formula is C10H11O3P. The van der Waals surface area contributed by atoms with Crippen LogP contribution >= 0.6 is 8.46 Å². The fourth-order valence-corrected chi connectivity index (χ4v) is 1.55. The van der Waals surface area contributed by atoms with Gasteiger partial charge in [0.15, 0.2) is 14.1 Å². The molecule has 0 amide bonds. The predicted molar refractivity (Wildman–Crippen MR) is 53.4 cm³/mol. The Morgan fingerprint density at radius 2 is 2.07 bits per heavy atom. The first kappa shape index (κ1) is 10.9. The van der Waals surface area contributed by atoms with Crippen molar-refractivity contribution < 1.29 is 14.1 Å². The Morgan fingerprint density at radius 3 is 2.57 bits per heavy atom. The summed E-state index contributed by atoms with van der Waals surface area (Å²) in [6, 6.07) is 8.95. The number of esters is 1. The lowest BCUT2D eigenvalue weighted by atomic mass is 10.1. The van der Waals surface area contributed by atoms with Crippen molar-refractivity contribution in [2.75, 3.05) is 6.61 Å². The minimum absolute atomic E-state index is 0.231. The molecule has 0 saturated carbocycles. The van der Waals surface area contributed by atoms with E-state index in [1.54, 1.807) is 31.2 Å². The van der Waals surface area contributed by atoms with Crippen LogP contribution in [0.15, 0.2) is 30.3 Å². The minimum atomic E-state index is -0.698. The molecule has 1 aromatic rings. The first-order valence-electron chi connectivity index (χ1n) is 4.33. The lowest BCUT2D eigenvalue weighted by Crippen LogP contribution is -2.10. The molecule has 14 heavy (non-hydrogen) atoms. The van der Waals surface area contributed by atoms with Crippen LogP contribution in [0.2, 0.25) is 0 Å². The second kappa shape index (κ2) is 5.51. The summed E-state index contributed by atoms with van der Waals surface area (Å²) in [5.74, 6) is -0.449. The summed E-state index contributed by atoms with van der Waals surface area (Å²) in [7, 11) is -0.231. The van der Waals surface area contributed by atoms with Gasteiger partial charge < -0.3 is 4.74 Å². The molecule has 0 heterocycles. The quantitative estimate of drug-likeness (QED) is 0.566. The van der Waals surface area contributed by atoms with E-state index in [0.29, 0.717) is 12.2 Å². The largest absolute Gasteiger partial charge is 0.465 e. The van der Waals surface area contributed by atoms with Gasteiger partial charge in [-0.2, -0.15) is 0 Å². The molecule has 0 aliphatic heterocycles. The molecule has 74 valence electrons. The van der Waals surface area contributed by atoms with Gasteiger partial charge in [-0.3, -0.25) is 9.36 Å². The predicted octanol–water partition coefficient (Wildman–Crippen LogP) is 2.58. The molecule has 0 radical (unpaired) electrons. The summed E-state index contributed by atoms with van der Waals surface area (Å²) in [5, 5.41) is 0. The van der Waals surface area contributed by atoms with Crippen LogP contribution in [0, 0.1) is 0 Å². The number of hydrogen-bond donors (Lipinski definition) is 0. The van der Waals surface area contributed by atoms with Crippen molar-refractivity contribution in [3.8, 4) is 0 Å². The minimum Gasteiger partial charge on any atom is -0.465 e. The van der Waals surface area contributed by atoms with E-state index in [2.05, 4.69) is 0 Å². The van der Waals surface area contributed by atoms with Crippen molar-refractivity contribution >= 4 is 14.4 Å². The maximum absolute atomic E-state index is 11.3. The van der Waals surface area contributed by atoms with Crippen LogP contribution in [0.1, 0.15) is 18.1 Å². The third-order valence-corrected chi connectivity index (χ3v) is 2.45. The van der Waals surface area contributed by atoms with Crippen molar-refractivity contribution in [3.63, 3.8) is 0 Å². The Morgan fingerprint density at radius 1 is 1.43 bits per heavy atom. The van der Waals surface area contributed by atoms with Gasteiger partial charge in [-0.15, -0.1) is 0 Å². The molecular weight excluding hydrogens is 199 g/mol. The highest BCUT2D eigenvalue weighted by molar-refractivity contribution is 7.25. The van der Waals surface area contributed by atoms with Gasteiger partial charge in [-0.1, -0.05) is 30.3 Å². The van der Waals surface area contributed by atoms with Gasteiger partial charge >= 0.3 is 5.97 Å². The summed E-state index contributed by atoms with van der Waals surface area (Å²) in [6.07, 6.45) is 0. The average molecular weight is 210 g/mol. The van der Waals surface area contributed by atoms with Crippen LogP contribution in [0.5, 0.6) is 0 Å². The number of ether oxygens (including phenoxy) is 1. The Bertz CT molecular complexity index is 310. The van der Waals surface area contributed by atoms with Crippen LogP contribution in [0.25, 0.3) is 0 Å². The van der Waals surface area contributed by atoms with E-state index in [1.165, 1.54) is 0 Å². The lowest BCUT2D eigenvalue weighted by Gasteiger charge is -2.07. The molecule has 0 N–H and O–H groups in total. The van der Waals surface area contributed by atoms with Crippen LogP contribution in [-0.4, -0.2) is 12.6 Å². The molecule has 0 aliphatic rings. The SMILES string of the molecule is CCOC(=O)C(P=O)c1ccccc1. The topological polar surface area (TPSA) is 43.4 Å². The van der Waals surface area contributed by atoms with Crippen LogP contribution in [-0.2, 0) is 14.1 Å².